The molecule has 0 heterocycles. The second kappa shape index (κ2) is 7.70. The Hall–Kier alpha value is -1.66. The van der Waals surface area contributed by atoms with Crippen LogP contribution in [0.4, 0.5) is 5.69 Å². The molecule has 0 aliphatic rings. The summed E-state index contributed by atoms with van der Waals surface area (Å²) in [5, 5.41) is 15.5. The SMILES string of the molecule is COCCCNC(=S)Nc1ccc(C(=O)O)cc1C. The molecule has 0 saturated heterocycles. The highest BCUT2D eigenvalue weighted by Gasteiger charge is 2.06. The molecule has 0 aliphatic carbocycles. The van der Waals surface area contributed by atoms with Crippen LogP contribution in [0.1, 0.15) is 22.3 Å². The summed E-state index contributed by atoms with van der Waals surface area (Å²) >= 11 is 5.15. The van der Waals surface area contributed by atoms with Crippen molar-refractivity contribution in [1.29, 1.82) is 0 Å². The van der Waals surface area contributed by atoms with Crippen LogP contribution in [-0.4, -0.2) is 36.4 Å². The monoisotopic (exact) mass is 282 g/mol. The molecule has 3 N–H and O–H groups in total. The standard InChI is InChI=1S/C13H18N2O3S/c1-9-8-10(12(16)17)4-5-11(9)15-13(19)14-6-3-7-18-2/h4-5,8H,3,6-7H2,1-2H3,(H,16,17)(H2,14,15,19). The Balaban J connectivity index is 2.52. The van der Waals surface area contributed by atoms with Crippen LogP contribution in [0.15, 0.2) is 18.2 Å². The molecule has 0 aliphatic heterocycles. The Bertz CT molecular complexity index is 463. The third-order valence-electron chi connectivity index (χ3n) is 2.53. The summed E-state index contributed by atoms with van der Waals surface area (Å²) in [5.41, 5.74) is 1.90. The van der Waals surface area contributed by atoms with E-state index in [0.29, 0.717) is 11.7 Å². The van der Waals surface area contributed by atoms with Gasteiger partial charge in [-0.1, -0.05) is 0 Å². The van der Waals surface area contributed by atoms with Crippen LogP contribution in [0.25, 0.3) is 0 Å². The molecule has 0 fully saturated rings. The zero-order valence-corrected chi connectivity index (χ0v) is 11.8. The summed E-state index contributed by atoms with van der Waals surface area (Å²) in [6.07, 6.45) is 0.870. The van der Waals surface area contributed by atoms with Crippen molar-refractivity contribution in [2.24, 2.45) is 0 Å². The van der Waals surface area contributed by atoms with Crippen LogP contribution in [0.5, 0.6) is 0 Å². The first kappa shape index (κ1) is 15.4. The van der Waals surface area contributed by atoms with E-state index in [-0.39, 0.29) is 5.56 Å². The van der Waals surface area contributed by atoms with E-state index in [1.54, 1.807) is 25.3 Å². The predicted octanol–water partition coefficient (Wildman–Crippen LogP) is 2.02. The summed E-state index contributed by atoms with van der Waals surface area (Å²) in [6, 6.07) is 4.87. The van der Waals surface area contributed by atoms with Crippen molar-refractivity contribution in [3.63, 3.8) is 0 Å². The predicted molar refractivity (Wildman–Crippen MR) is 78.9 cm³/mol. The molecule has 1 aromatic rings. The van der Waals surface area contributed by atoms with Crippen molar-refractivity contribution in [2.75, 3.05) is 25.6 Å². The molecule has 19 heavy (non-hydrogen) atoms. The van der Waals surface area contributed by atoms with E-state index in [2.05, 4.69) is 10.6 Å². The number of methoxy groups -OCH3 is 1. The van der Waals surface area contributed by atoms with Gasteiger partial charge in [0.1, 0.15) is 0 Å². The molecule has 5 nitrogen and oxygen atoms in total. The molecule has 6 heteroatoms. The number of benzene rings is 1. The van der Waals surface area contributed by atoms with Crippen molar-refractivity contribution >= 4 is 29.0 Å². The number of rotatable bonds is 6. The maximum atomic E-state index is 10.8. The lowest BCUT2D eigenvalue weighted by molar-refractivity contribution is 0.0697. The summed E-state index contributed by atoms with van der Waals surface area (Å²) in [7, 11) is 1.66. The van der Waals surface area contributed by atoms with Crippen LogP contribution >= 0.6 is 12.2 Å². The number of aryl methyl sites for hydroxylation is 1. The zero-order valence-electron chi connectivity index (χ0n) is 11.0. The van der Waals surface area contributed by atoms with Crippen LogP contribution in [0, 0.1) is 6.92 Å². The maximum absolute atomic E-state index is 10.8. The Labute approximate surface area is 118 Å². The van der Waals surface area contributed by atoms with E-state index in [9.17, 15) is 4.79 Å². The van der Waals surface area contributed by atoms with Crippen LogP contribution in [0.3, 0.4) is 0 Å². The quantitative estimate of drug-likeness (QED) is 0.548. The van der Waals surface area contributed by atoms with Gasteiger partial charge in [0, 0.05) is 25.9 Å². The van der Waals surface area contributed by atoms with E-state index in [4.69, 9.17) is 22.1 Å². The lowest BCUT2D eigenvalue weighted by atomic mass is 10.1. The number of carboxylic acids is 1. The lowest BCUT2D eigenvalue weighted by Crippen LogP contribution is -2.30. The van der Waals surface area contributed by atoms with Gasteiger partial charge in [-0.15, -0.1) is 0 Å². The van der Waals surface area contributed by atoms with Gasteiger partial charge in [-0.05, 0) is 49.3 Å². The number of aromatic carboxylic acids is 1. The van der Waals surface area contributed by atoms with Crippen molar-refractivity contribution in [3.8, 4) is 0 Å². The Morgan fingerprint density at radius 3 is 2.79 bits per heavy atom. The highest BCUT2D eigenvalue weighted by atomic mass is 32.1. The minimum atomic E-state index is -0.935. The Morgan fingerprint density at radius 1 is 1.47 bits per heavy atom. The third-order valence-corrected chi connectivity index (χ3v) is 2.78. The number of nitrogens with one attached hydrogen (secondary N) is 2. The maximum Gasteiger partial charge on any atom is 0.335 e. The molecule has 0 radical (unpaired) electrons. The second-order valence-electron chi connectivity index (χ2n) is 4.06. The molecule has 0 aromatic heterocycles. The average Bonchev–Trinajstić information content (AvgIpc) is 2.37. The first-order chi connectivity index (χ1) is 9.04. The fraction of sp³-hybridized carbons (Fsp3) is 0.385. The topological polar surface area (TPSA) is 70.6 Å². The molecular formula is C13H18N2O3S. The van der Waals surface area contributed by atoms with Gasteiger partial charge in [-0.2, -0.15) is 0 Å². The van der Waals surface area contributed by atoms with Crippen molar-refractivity contribution < 1.29 is 14.6 Å². The second-order valence-corrected chi connectivity index (χ2v) is 4.47. The van der Waals surface area contributed by atoms with Crippen molar-refractivity contribution in [2.45, 2.75) is 13.3 Å². The van der Waals surface area contributed by atoms with E-state index >= 15 is 0 Å². The highest BCUT2D eigenvalue weighted by Crippen LogP contribution is 2.16. The van der Waals surface area contributed by atoms with E-state index < -0.39 is 5.97 Å². The van der Waals surface area contributed by atoms with E-state index in [1.165, 1.54) is 0 Å². The van der Waals surface area contributed by atoms with Crippen LogP contribution in [-0.2, 0) is 4.74 Å². The van der Waals surface area contributed by atoms with Gasteiger partial charge in [0.15, 0.2) is 5.11 Å². The first-order valence-electron chi connectivity index (χ1n) is 5.92. The van der Waals surface area contributed by atoms with Crippen LogP contribution < -0.4 is 10.6 Å². The fourth-order valence-electron chi connectivity index (χ4n) is 1.52. The minimum absolute atomic E-state index is 0.266. The molecular weight excluding hydrogens is 264 g/mol. The third kappa shape index (κ3) is 5.23. The molecule has 0 atom stereocenters. The molecule has 104 valence electrons. The number of carboxylic acid groups (broad SMARTS) is 1. The zero-order chi connectivity index (χ0) is 14.3. The number of carbonyl (C=O) groups is 1. The fourth-order valence-corrected chi connectivity index (χ4v) is 1.73. The molecule has 0 bridgehead atoms. The van der Waals surface area contributed by atoms with Gasteiger partial charge < -0.3 is 20.5 Å². The summed E-state index contributed by atoms with van der Waals surface area (Å²) < 4.78 is 4.94. The van der Waals surface area contributed by atoms with Gasteiger partial charge in [0.05, 0.1) is 5.56 Å². The molecule has 0 spiro atoms. The Morgan fingerprint density at radius 2 is 2.21 bits per heavy atom. The average molecular weight is 282 g/mol. The van der Waals surface area contributed by atoms with Crippen molar-refractivity contribution in [3.05, 3.63) is 29.3 Å². The molecule has 0 unspecified atom stereocenters. The largest absolute Gasteiger partial charge is 0.478 e. The number of anilines is 1. The lowest BCUT2D eigenvalue weighted by Gasteiger charge is -2.12. The van der Waals surface area contributed by atoms with E-state index in [1.807, 2.05) is 6.92 Å². The van der Waals surface area contributed by atoms with Crippen molar-refractivity contribution in [1.82, 2.24) is 5.32 Å². The first-order valence-corrected chi connectivity index (χ1v) is 6.33. The van der Waals surface area contributed by atoms with Gasteiger partial charge in [-0.3, -0.25) is 0 Å². The molecule has 0 amide bonds. The number of thiocarbonyl (C=S) groups is 1. The van der Waals surface area contributed by atoms with Gasteiger partial charge in [0.25, 0.3) is 0 Å². The normalized spacial score (nSPS) is 10.0. The molecule has 0 saturated carbocycles. The van der Waals surface area contributed by atoms with Gasteiger partial charge in [0.2, 0.25) is 0 Å². The number of ether oxygens (including phenoxy) is 1. The highest BCUT2D eigenvalue weighted by molar-refractivity contribution is 7.80. The van der Waals surface area contributed by atoms with Crippen LogP contribution in [0.2, 0.25) is 0 Å². The molecule has 1 aromatic carbocycles. The Kier molecular flexibility index (Phi) is 6.24. The number of hydrogen-bond donors (Lipinski definition) is 3. The van der Waals surface area contributed by atoms with E-state index in [0.717, 1.165) is 24.2 Å². The number of hydrogen-bond acceptors (Lipinski definition) is 3. The summed E-state index contributed by atoms with van der Waals surface area (Å²) in [6.45, 7) is 3.25. The molecule has 1 rings (SSSR count). The van der Waals surface area contributed by atoms with Gasteiger partial charge >= 0.3 is 5.97 Å². The smallest absolute Gasteiger partial charge is 0.335 e. The van der Waals surface area contributed by atoms with Gasteiger partial charge in [-0.25, -0.2) is 4.79 Å². The summed E-state index contributed by atoms with van der Waals surface area (Å²) in [5.74, 6) is -0.935. The summed E-state index contributed by atoms with van der Waals surface area (Å²) in [4.78, 5) is 10.8. The minimum Gasteiger partial charge on any atom is -0.478 e.